The van der Waals surface area contributed by atoms with E-state index in [1.807, 2.05) is 48.5 Å². The van der Waals surface area contributed by atoms with Gasteiger partial charge in [-0.3, -0.25) is 0 Å². The van der Waals surface area contributed by atoms with Gasteiger partial charge < -0.3 is 18.9 Å². The molecule has 0 aliphatic heterocycles. The number of hydrogen-bond donors (Lipinski definition) is 0. The Balaban J connectivity index is 1.64. The molecular formula is C20H23BrO4. The van der Waals surface area contributed by atoms with Crippen LogP contribution in [0.25, 0.3) is 0 Å². The van der Waals surface area contributed by atoms with Gasteiger partial charge in [-0.1, -0.05) is 28.1 Å². The van der Waals surface area contributed by atoms with Crippen LogP contribution in [0, 0.1) is 0 Å². The molecule has 0 aromatic heterocycles. The zero-order valence-electron chi connectivity index (χ0n) is 14.4. The third kappa shape index (κ3) is 6.80. The number of halogens is 1. The molecule has 2 aromatic carbocycles. The first kappa shape index (κ1) is 19.3. The molecule has 0 amide bonds. The molecule has 0 unspecified atom stereocenters. The zero-order chi connectivity index (χ0) is 17.9. The highest BCUT2D eigenvalue weighted by Gasteiger charge is 2.05. The van der Waals surface area contributed by atoms with Gasteiger partial charge in [0, 0.05) is 4.47 Å². The van der Waals surface area contributed by atoms with Crippen LogP contribution in [0.1, 0.15) is 5.56 Å². The molecule has 4 nitrogen and oxygen atoms in total. The van der Waals surface area contributed by atoms with Crippen molar-refractivity contribution in [2.24, 2.45) is 0 Å². The van der Waals surface area contributed by atoms with E-state index in [1.165, 1.54) is 0 Å². The first-order valence-corrected chi connectivity index (χ1v) is 8.89. The normalized spacial score (nSPS) is 10.3. The fraction of sp³-hybridized carbons (Fsp3) is 0.300. The zero-order valence-corrected chi connectivity index (χ0v) is 16.0. The number of methoxy groups -OCH3 is 1. The van der Waals surface area contributed by atoms with Gasteiger partial charge in [-0.2, -0.15) is 0 Å². The Morgan fingerprint density at radius 2 is 1.64 bits per heavy atom. The van der Waals surface area contributed by atoms with Gasteiger partial charge in [-0.25, -0.2) is 0 Å². The summed E-state index contributed by atoms with van der Waals surface area (Å²) < 4.78 is 23.2. The van der Waals surface area contributed by atoms with Gasteiger partial charge in [-0.05, 0) is 48.4 Å². The summed E-state index contributed by atoms with van der Waals surface area (Å²) in [5, 5.41) is 0. The van der Waals surface area contributed by atoms with Crippen molar-refractivity contribution in [1.29, 1.82) is 0 Å². The van der Waals surface area contributed by atoms with Crippen LogP contribution < -0.4 is 14.2 Å². The van der Waals surface area contributed by atoms with Crippen LogP contribution in [0.15, 0.2) is 59.6 Å². The summed E-state index contributed by atoms with van der Waals surface area (Å²) >= 11 is 3.39. The van der Waals surface area contributed by atoms with Crippen LogP contribution in [-0.2, 0) is 11.2 Å². The molecule has 2 rings (SSSR count). The topological polar surface area (TPSA) is 36.9 Å². The van der Waals surface area contributed by atoms with Crippen molar-refractivity contribution < 1.29 is 18.9 Å². The molecule has 0 heterocycles. The molecule has 0 aliphatic carbocycles. The summed E-state index contributed by atoms with van der Waals surface area (Å²) in [6, 6.07) is 13.6. The largest absolute Gasteiger partial charge is 0.493 e. The number of hydrogen-bond acceptors (Lipinski definition) is 4. The van der Waals surface area contributed by atoms with E-state index in [-0.39, 0.29) is 0 Å². The Morgan fingerprint density at radius 1 is 0.920 bits per heavy atom. The molecule has 0 N–H and O–H groups in total. The van der Waals surface area contributed by atoms with Crippen LogP contribution >= 0.6 is 15.9 Å². The summed E-state index contributed by atoms with van der Waals surface area (Å²) in [4.78, 5) is 0. The lowest BCUT2D eigenvalue weighted by Gasteiger charge is -2.12. The minimum Gasteiger partial charge on any atom is -0.493 e. The molecule has 0 aliphatic rings. The fourth-order valence-corrected chi connectivity index (χ4v) is 2.45. The predicted octanol–water partition coefficient (Wildman–Crippen LogP) is 4.66. The third-order valence-electron chi connectivity index (χ3n) is 3.40. The van der Waals surface area contributed by atoms with E-state index in [1.54, 1.807) is 7.11 Å². The Bertz CT molecular complexity index is 655. The van der Waals surface area contributed by atoms with E-state index >= 15 is 0 Å². The van der Waals surface area contributed by atoms with E-state index in [0.717, 1.165) is 28.0 Å². The van der Waals surface area contributed by atoms with Crippen LogP contribution in [-0.4, -0.2) is 33.5 Å². The minimum absolute atomic E-state index is 0.454. The molecule has 5 heteroatoms. The highest BCUT2D eigenvalue weighted by Crippen LogP contribution is 2.28. The van der Waals surface area contributed by atoms with Gasteiger partial charge in [0.15, 0.2) is 11.5 Å². The third-order valence-corrected chi connectivity index (χ3v) is 3.93. The predicted molar refractivity (Wildman–Crippen MR) is 103 cm³/mol. The fourth-order valence-electron chi connectivity index (χ4n) is 2.19. The highest BCUT2D eigenvalue weighted by molar-refractivity contribution is 9.10. The second kappa shape index (κ2) is 10.8. The molecule has 0 saturated heterocycles. The number of allylic oxidation sites excluding steroid dienone is 1. The molecule has 25 heavy (non-hydrogen) atoms. The Morgan fingerprint density at radius 3 is 2.32 bits per heavy atom. The van der Waals surface area contributed by atoms with Crippen LogP contribution in [0.4, 0.5) is 0 Å². The molecular weight excluding hydrogens is 384 g/mol. The van der Waals surface area contributed by atoms with E-state index in [2.05, 4.69) is 22.5 Å². The van der Waals surface area contributed by atoms with Gasteiger partial charge in [0.25, 0.3) is 0 Å². The summed E-state index contributed by atoms with van der Waals surface area (Å²) in [6.07, 6.45) is 2.66. The Labute approximate surface area is 157 Å². The van der Waals surface area contributed by atoms with Crippen molar-refractivity contribution in [2.75, 3.05) is 33.5 Å². The summed E-state index contributed by atoms with van der Waals surface area (Å²) in [7, 11) is 1.63. The lowest BCUT2D eigenvalue weighted by molar-refractivity contribution is 0.0757. The van der Waals surface area contributed by atoms with Crippen molar-refractivity contribution in [3.05, 3.63) is 65.2 Å². The van der Waals surface area contributed by atoms with Gasteiger partial charge in [0.05, 0.1) is 20.3 Å². The maximum absolute atomic E-state index is 5.72. The maximum atomic E-state index is 5.72. The summed E-state index contributed by atoms with van der Waals surface area (Å²) in [5.41, 5.74) is 1.14. The van der Waals surface area contributed by atoms with Crippen molar-refractivity contribution in [2.45, 2.75) is 6.42 Å². The van der Waals surface area contributed by atoms with Crippen molar-refractivity contribution >= 4 is 15.9 Å². The molecule has 0 spiro atoms. The number of ether oxygens (including phenoxy) is 4. The Kier molecular flexibility index (Phi) is 8.35. The lowest BCUT2D eigenvalue weighted by Crippen LogP contribution is -2.12. The molecule has 0 atom stereocenters. The van der Waals surface area contributed by atoms with Gasteiger partial charge in [0.2, 0.25) is 0 Å². The van der Waals surface area contributed by atoms with E-state index in [9.17, 15) is 0 Å². The molecule has 0 saturated carbocycles. The highest BCUT2D eigenvalue weighted by atomic mass is 79.9. The molecule has 0 fully saturated rings. The minimum atomic E-state index is 0.454. The van der Waals surface area contributed by atoms with Crippen LogP contribution in [0.2, 0.25) is 0 Å². The van der Waals surface area contributed by atoms with Crippen LogP contribution in [0.3, 0.4) is 0 Å². The first-order valence-electron chi connectivity index (χ1n) is 8.09. The smallest absolute Gasteiger partial charge is 0.161 e. The average molecular weight is 407 g/mol. The number of rotatable bonds is 11. The van der Waals surface area contributed by atoms with E-state index in [0.29, 0.717) is 32.2 Å². The average Bonchev–Trinajstić information content (AvgIpc) is 2.63. The summed E-state index contributed by atoms with van der Waals surface area (Å²) in [5.74, 6) is 2.26. The first-order chi connectivity index (χ1) is 12.2. The monoisotopic (exact) mass is 406 g/mol. The van der Waals surface area contributed by atoms with Gasteiger partial charge in [0.1, 0.15) is 19.0 Å². The van der Waals surface area contributed by atoms with E-state index < -0.39 is 0 Å². The standard InChI is InChI=1S/C20H23BrO4/c1-3-4-16-5-10-19(20(15-16)22-2)25-14-12-23-11-13-24-18-8-6-17(21)7-9-18/h3,5-10,15H,1,4,11-14H2,2H3. The van der Waals surface area contributed by atoms with Crippen molar-refractivity contribution in [3.63, 3.8) is 0 Å². The van der Waals surface area contributed by atoms with E-state index in [4.69, 9.17) is 18.9 Å². The second-order valence-electron chi connectivity index (χ2n) is 5.24. The summed E-state index contributed by atoms with van der Waals surface area (Å²) in [6.45, 7) is 5.69. The molecule has 134 valence electrons. The second-order valence-corrected chi connectivity index (χ2v) is 6.16. The number of benzene rings is 2. The molecule has 0 radical (unpaired) electrons. The Hall–Kier alpha value is -1.98. The quantitative estimate of drug-likeness (QED) is 0.401. The molecule has 2 aromatic rings. The van der Waals surface area contributed by atoms with Crippen LogP contribution in [0.5, 0.6) is 17.2 Å². The van der Waals surface area contributed by atoms with Gasteiger partial charge in [-0.15, -0.1) is 6.58 Å². The SMILES string of the molecule is C=CCc1ccc(OCCOCCOc2ccc(Br)cc2)c(OC)c1. The maximum Gasteiger partial charge on any atom is 0.161 e. The van der Waals surface area contributed by atoms with Crippen molar-refractivity contribution in [1.82, 2.24) is 0 Å². The van der Waals surface area contributed by atoms with Crippen molar-refractivity contribution in [3.8, 4) is 17.2 Å². The van der Waals surface area contributed by atoms with Gasteiger partial charge >= 0.3 is 0 Å². The lowest BCUT2D eigenvalue weighted by atomic mass is 10.1. The molecule has 0 bridgehead atoms.